The number of rotatable bonds is 8. The number of nitrogens with zero attached hydrogens (tertiary/aromatic N) is 2. The fourth-order valence-corrected chi connectivity index (χ4v) is 4.75. The van der Waals surface area contributed by atoms with Gasteiger partial charge in [0.1, 0.15) is 23.2 Å². The molecule has 0 bridgehead atoms. The van der Waals surface area contributed by atoms with Crippen molar-refractivity contribution >= 4 is 17.5 Å². The Hall–Kier alpha value is -3.87. The SMILES string of the molecule is COc1ccc(OC)c(C(C(=O)NC2CCCCC2)N(C(=O)c2ccccn2)c2cccc(C)c2)c1. The lowest BCUT2D eigenvalue weighted by Crippen LogP contribution is -2.47. The topological polar surface area (TPSA) is 80.8 Å². The van der Waals surface area contributed by atoms with E-state index in [9.17, 15) is 9.59 Å². The fraction of sp³-hybridized carbons (Fsp3) is 0.345. The molecule has 1 unspecified atom stereocenters. The van der Waals surface area contributed by atoms with Crippen LogP contribution in [0, 0.1) is 6.92 Å². The molecular weight excluding hydrogens is 454 g/mol. The van der Waals surface area contributed by atoms with Crippen molar-refractivity contribution < 1.29 is 19.1 Å². The molecule has 2 aromatic carbocycles. The number of amides is 2. The van der Waals surface area contributed by atoms with Crippen LogP contribution in [-0.2, 0) is 4.79 Å². The van der Waals surface area contributed by atoms with Crippen molar-refractivity contribution in [2.24, 2.45) is 0 Å². The molecule has 1 aliphatic carbocycles. The largest absolute Gasteiger partial charge is 0.497 e. The van der Waals surface area contributed by atoms with Gasteiger partial charge >= 0.3 is 0 Å². The summed E-state index contributed by atoms with van der Waals surface area (Å²) in [6.45, 7) is 1.95. The Morgan fingerprint density at radius 3 is 2.44 bits per heavy atom. The summed E-state index contributed by atoms with van der Waals surface area (Å²) >= 11 is 0. The van der Waals surface area contributed by atoms with E-state index in [4.69, 9.17) is 9.47 Å². The van der Waals surface area contributed by atoms with Gasteiger partial charge in [-0.25, -0.2) is 0 Å². The molecule has 1 saturated carbocycles. The molecule has 0 radical (unpaired) electrons. The minimum atomic E-state index is -1.01. The minimum Gasteiger partial charge on any atom is -0.497 e. The van der Waals surface area contributed by atoms with Crippen molar-refractivity contribution in [1.82, 2.24) is 10.3 Å². The molecule has 7 nitrogen and oxygen atoms in total. The van der Waals surface area contributed by atoms with Crippen LogP contribution >= 0.6 is 0 Å². The zero-order chi connectivity index (χ0) is 25.5. The number of aryl methyl sites for hydroxylation is 1. The maximum absolute atomic E-state index is 14.1. The van der Waals surface area contributed by atoms with Gasteiger partial charge in [-0.15, -0.1) is 0 Å². The van der Waals surface area contributed by atoms with E-state index in [1.807, 2.05) is 31.2 Å². The summed E-state index contributed by atoms with van der Waals surface area (Å²) in [5, 5.41) is 3.23. The second-order valence-corrected chi connectivity index (χ2v) is 9.08. The van der Waals surface area contributed by atoms with Crippen molar-refractivity contribution in [3.05, 3.63) is 83.7 Å². The third-order valence-electron chi connectivity index (χ3n) is 6.57. The first-order valence-corrected chi connectivity index (χ1v) is 12.4. The molecule has 7 heteroatoms. The first-order chi connectivity index (χ1) is 17.5. The van der Waals surface area contributed by atoms with E-state index < -0.39 is 6.04 Å². The van der Waals surface area contributed by atoms with Crippen molar-refractivity contribution in [1.29, 1.82) is 0 Å². The number of benzene rings is 2. The zero-order valence-corrected chi connectivity index (χ0v) is 21.1. The van der Waals surface area contributed by atoms with E-state index in [2.05, 4.69) is 10.3 Å². The fourth-order valence-electron chi connectivity index (χ4n) is 4.75. The molecule has 188 valence electrons. The van der Waals surface area contributed by atoms with Gasteiger partial charge < -0.3 is 14.8 Å². The zero-order valence-electron chi connectivity index (χ0n) is 21.1. The van der Waals surface area contributed by atoms with E-state index in [0.29, 0.717) is 22.7 Å². The summed E-state index contributed by atoms with van der Waals surface area (Å²) in [5.41, 5.74) is 2.35. The molecule has 2 amide bonds. The number of aromatic nitrogens is 1. The van der Waals surface area contributed by atoms with Crippen LogP contribution in [0.15, 0.2) is 66.9 Å². The number of anilines is 1. The van der Waals surface area contributed by atoms with E-state index in [1.54, 1.807) is 56.8 Å². The van der Waals surface area contributed by atoms with Crippen LogP contribution in [0.25, 0.3) is 0 Å². The average molecular weight is 488 g/mol. The van der Waals surface area contributed by atoms with Crippen LogP contribution < -0.4 is 19.7 Å². The summed E-state index contributed by atoms with van der Waals surface area (Å²) in [6.07, 6.45) is 6.75. The Bertz CT molecular complexity index is 1190. The van der Waals surface area contributed by atoms with Crippen molar-refractivity contribution in [3.8, 4) is 11.5 Å². The van der Waals surface area contributed by atoms with Crippen molar-refractivity contribution in [2.45, 2.75) is 51.1 Å². The van der Waals surface area contributed by atoms with Gasteiger partial charge in [0.25, 0.3) is 5.91 Å². The van der Waals surface area contributed by atoms with Gasteiger partial charge in [0.05, 0.1) is 14.2 Å². The maximum atomic E-state index is 14.1. The Kier molecular flexibility index (Phi) is 8.21. The van der Waals surface area contributed by atoms with Gasteiger partial charge in [-0.2, -0.15) is 0 Å². The summed E-state index contributed by atoms with van der Waals surface area (Å²) in [4.78, 5) is 33.9. The normalized spacial score (nSPS) is 14.5. The number of carbonyl (C=O) groups is 2. The second kappa shape index (κ2) is 11.7. The average Bonchev–Trinajstić information content (AvgIpc) is 2.92. The Morgan fingerprint density at radius 1 is 0.972 bits per heavy atom. The highest BCUT2D eigenvalue weighted by Gasteiger charge is 2.37. The summed E-state index contributed by atoms with van der Waals surface area (Å²) in [6, 6.07) is 17.1. The van der Waals surface area contributed by atoms with E-state index in [-0.39, 0.29) is 23.6 Å². The Morgan fingerprint density at radius 2 is 1.78 bits per heavy atom. The number of nitrogens with one attached hydrogen (secondary N) is 1. The summed E-state index contributed by atoms with van der Waals surface area (Å²) < 4.78 is 11.2. The number of carbonyl (C=O) groups excluding carboxylic acids is 2. The highest BCUT2D eigenvalue weighted by atomic mass is 16.5. The molecule has 1 heterocycles. The number of ether oxygens (including phenoxy) is 2. The van der Waals surface area contributed by atoms with Crippen LogP contribution in [0.4, 0.5) is 5.69 Å². The Balaban J connectivity index is 1.89. The van der Waals surface area contributed by atoms with Crippen LogP contribution in [0.5, 0.6) is 11.5 Å². The lowest BCUT2D eigenvalue weighted by atomic mass is 9.94. The minimum absolute atomic E-state index is 0.0645. The first-order valence-electron chi connectivity index (χ1n) is 12.4. The van der Waals surface area contributed by atoms with Gasteiger partial charge in [0.15, 0.2) is 0 Å². The lowest BCUT2D eigenvalue weighted by Gasteiger charge is -2.34. The van der Waals surface area contributed by atoms with E-state index >= 15 is 0 Å². The van der Waals surface area contributed by atoms with Gasteiger partial charge in [-0.05, 0) is 67.8 Å². The van der Waals surface area contributed by atoms with Gasteiger partial charge in [0.2, 0.25) is 5.91 Å². The van der Waals surface area contributed by atoms with Gasteiger partial charge in [-0.1, -0.05) is 37.5 Å². The standard InChI is InChI=1S/C29H33N3O4/c1-20-10-9-13-22(18-20)32(29(34)25-14-7-8-17-30-25)27(28(33)31-21-11-5-4-6-12-21)24-19-23(35-2)15-16-26(24)36-3/h7-10,13-19,21,27H,4-6,11-12H2,1-3H3,(H,31,33). The lowest BCUT2D eigenvalue weighted by molar-refractivity contribution is -0.123. The predicted molar refractivity (Wildman–Crippen MR) is 140 cm³/mol. The molecule has 36 heavy (non-hydrogen) atoms. The molecular formula is C29H33N3O4. The number of pyridine rings is 1. The third-order valence-corrected chi connectivity index (χ3v) is 6.57. The second-order valence-electron chi connectivity index (χ2n) is 9.08. The summed E-state index contributed by atoms with van der Waals surface area (Å²) in [7, 11) is 3.12. The predicted octanol–water partition coefficient (Wildman–Crippen LogP) is 5.24. The molecule has 0 aliphatic heterocycles. The van der Waals surface area contributed by atoms with Crippen LogP contribution in [-0.4, -0.2) is 37.1 Å². The Labute approximate surface area is 212 Å². The number of methoxy groups -OCH3 is 2. The van der Waals surface area contributed by atoms with Gasteiger partial charge in [0, 0.05) is 23.5 Å². The highest BCUT2D eigenvalue weighted by molar-refractivity contribution is 6.09. The summed E-state index contributed by atoms with van der Waals surface area (Å²) in [5.74, 6) is 0.413. The maximum Gasteiger partial charge on any atom is 0.277 e. The molecule has 0 saturated heterocycles. The molecule has 1 atom stereocenters. The van der Waals surface area contributed by atoms with Gasteiger partial charge in [-0.3, -0.25) is 19.5 Å². The van der Waals surface area contributed by atoms with E-state index in [1.165, 1.54) is 11.3 Å². The molecule has 1 N–H and O–H groups in total. The highest BCUT2D eigenvalue weighted by Crippen LogP contribution is 2.37. The van der Waals surface area contributed by atoms with Crippen LogP contribution in [0.3, 0.4) is 0 Å². The number of hydrogen-bond acceptors (Lipinski definition) is 5. The van der Waals surface area contributed by atoms with Crippen molar-refractivity contribution in [2.75, 3.05) is 19.1 Å². The molecule has 3 aromatic rings. The quantitative estimate of drug-likeness (QED) is 0.470. The van der Waals surface area contributed by atoms with Crippen molar-refractivity contribution in [3.63, 3.8) is 0 Å². The molecule has 0 spiro atoms. The van der Waals surface area contributed by atoms with E-state index in [0.717, 1.165) is 31.2 Å². The van der Waals surface area contributed by atoms with Crippen LogP contribution in [0.1, 0.15) is 59.8 Å². The molecule has 1 fully saturated rings. The first kappa shape index (κ1) is 25.2. The molecule has 1 aromatic heterocycles. The monoisotopic (exact) mass is 487 g/mol. The number of hydrogen-bond donors (Lipinski definition) is 1. The third kappa shape index (κ3) is 5.67. The van der Waals surface area contributed by atoms with Crippen LogP contribution in [0.2, 0.25) is 0 Å². The molecule has 1 aliphatic rings. The smallest absolute Gasteiger partial charge is 0.277 e. The molecule has 4 rings (SSSR count).